The van der Waals surface area contributed by atoms with E-state index in [-0.39, 0.29) is 23.1 Å². The van der Waals surface area contributed by atoms with Gasteiger partial charge in [0.2, 0.25) is 0 Å². The average molecular weight is 503 g/mol. The molecular formula is C29H26O8. The van der Waals surface area contributed by atoms with Crippen molar-refractivity contribution in [3.63, 3.8) is 0 Å². The fourth-order valence-electron chi connectivity index (χ4n) is 2.49. The number of benzene rings is 3. The van der Waals surface area contributed by atoms with Crippen LogP contribution < -0.4 is 5.63 Å². The van der Waals surface area contributed by atoms with Gasteiger partial charge in [0.1, 0.15) is 23.4 Å². The van der Waals surface area contributed by atoms with Crippen molar-refractivity contribution in [2.45, 2.75) is 6.92 Å². The first-order valence-electron chi connectivity index (χ1n) is 10.7. The predicted molar refractivity (Wildman–Crippen MR) is 141 cm³/mol. The average Bonchev–Trinajstić information content (AvgIpc) is 2.89. The van der Waals surface area contributed by atoms with Crippen molar-refractivity contribution in [3.8, 4) is 11.5 Å². The summed E-state index contributed by atoms with van der Waals surface area (Å²) in [6.45, 7) is 4.48. The van der Waals surface area contributed by atoms with Gasteiger partial charge in [-0.2, -0.15) is 0 Å². The van der Waals surface area contributed by atoms with Crippen molar-refractivity contribution >= 4 is 35.6 Å². The van der Waals surface area contributed by atoms with E-state index in [0.29, 0.717) is 29.3 Å². The number of hydrogen-bond donors (Lipinski definition) is 2. The summed E-state index contributed by atoms with van der Waals surface area (Å²) in [5.74, 6) is -0.108. The molecule has 0 saturated carbocycles. The molecule has 1 heterocycles. The largest absolute Gasteiger partial charge is 0.507 e. The molecule has 2 N–H and O–H groups in total. The molecule has 4 rings (SSSR count). The Morgan fingerprint density at radius 3 is 1.89 bits per heavy atom. The number of allylic oxidation sites excluding steroid dienone is 1. The molecule has 0 atom stereocenters. The number of esters is 1. The van der Waals surface area contributed by atoms with Crippen LogP contribution >= 0.6 is 0 Å². The van der Waals surface area contributed by atoms with Gasteiger partial charge in [-0.15, -0.1) is 0 Å². The summed E-state index contributed by atoms with van der Waals surface area (Å²) < 4.78 is 9.07. The molecule has 0 spiro atoms. The van der Waals surface area contributed by atoms with Crippen molar-refractivity contribution in [3.05, 3.63) is 125 Å². The lowest BCUT2D eigenvalue weighted by Crippen LogP contribution is -1.93. The summed E-state index contributed by atoms with van der Waals surface area (Å²) in [6.07, 6.45) is 5.29. The van der Waals surface area contributed by atoms with Crippen LogP contribution in [-0.4, -0.2) is 28.8 Å². The van der Waals surface area contributed by atoms with Crippen molar-refractivity contribution in [2.75, 3.05) is 0 Å². The molecule has 0 aliphatic carbocycles. The Balaban J connectivity index is 0.000000253. The van der Waals surface area contributed by atoms with E-state index >= 15 is 0 Å². The fraction of sp³-hybridized carbons (Fsp3) is 0.0345. The number of aromatic hydroxyl groups is 2. The second-order valence-corrected chi connectivity index (χ2v) is 6.80. The Morgan fingerprint density at radius 2 is 1.41 bits per heavy atom. The van der Waals surface area contributed by atoms with Gasteiger partial charge in [-0.05, 0) is 42.5 Å². The zero-order chi connectivity index (χ0) is 27.5. The molecule has 37 heavy (non-hydrogen) atoms. The Kier molecular flexibility index (Phi) is 13.9. The van der Waals surface area contributed by atoms with Crippen molar-refractivity contribution in [1.82, 2.24) is 0 Å². The molecule has 0 saturated heterocycles. The number of rotatable bonds is 4. The minimum absolute atomic E-state index is 0.0347. The van der Waals surface area contributed by atoms with Gasteiger partial charge in [-0.1, -0.05) is 55.1 Å². The van der Waals surface area contributed by atoms with E-state index in [1.165, 1.54) is 25.1 Å². The summed E-state index contributed by atoms with van der Waals surface area (Å²) in [5, 5.41) is 19.0. The molecule has 0 radical (unpaired) electrons. The number of phenolic OH excluding ortho intramolecular Hbond substituents is 2. The highest BCUT2D eigenvalue weighted by molar-refractivity contribution is 5.78. The Bertz CT molecular complexity index is 1390. The van der Waals surface area contributed by atoms with E-state index in [1.54, 1.807) is 60.7 Å². The summed E-state index contributed by atoms with van der Waals surface area (Å²) in [6, 6.07) is 23.8. The van der Waals surface area contributed by atoms with Crippen LogP contribution in [0, 0.1) is 0 Å². The molecule has 8 heteroatoms. The third-order valence-corrected chi connectivity index (χ3v) is 4.13. The van der Waals surface area contributed by atoms with Crippen LogP contribution in [0.4, 0.5) is 0 Å². The van der Waals surface area contributed by atoms with Crippen molar-refractivity contribution in [2.24, 2.45) is 0 Å². The minimum Gasteiger partial charge on any atom is -0.507 e. The van der Waals surface area contributed by atoms with Crippen molar-refractivity contribution < 1.29 is 33.8 Å². The van der Waals surface area contributed by atoms with Gasteiger partial charge in [-0.25, -0.2) is 4.79 Å². The monoisotopic (exact) mass is 502 g/mol. The standard InChI is InChI=1S/C9H6O2.C9H8O2.C7H6O2.C4H6O2/c10-9-6-5-7-3-1-2-4-8(7)11-9;10-7-3-5-8-4-1-2-6-9(8)11;8-5-6-3-1-2-4-7(6)9;1-3-6-4(2)5/h1-6H;1-7,11H;1-5,9H;3H,1H2,2H3/b;5-3+;;. The van der Waals surface area contributed by atoms with Crippen LogP contribution in [0.15, 0.2) is 113 Å². The normalized spacial score (nSPS) is 9.32. The van der Waals surface area contributed by atoms with Gasteiger partial charge in [0.05, 0.1) is 11.8 Å². The first kappa shape index (κ1) is 29.8. The van der Waals surface area contributed by atoms with E-state index in [4.69, 9.17) is 14.6 Å². The third-order valence-electron chi connectivity index (χ3n) is 4.13. The molecule has 3 aromatic carbocycles. The first-order chi connectivity index (χ1) is 17.8. The van der Waals surface area contributed by atoms with E-state index in [0.717, 1.165) is 11.6 Å². The van der Waals surface area contributed by atoms with Gasteiger partial charge < -0.3 is 19.4 Å². The first-order valence-corrected chi connectivity index (χ1v) is 10.7. The Morgan fingerprint density at radius 1 is 0.838 bits per heavy atom. The van der Waals surface area contributed by atoms with Crippen LogP contribution in [0.5, 0.6) is 11.5 Å². The maximum absolute atomic E-state index is 10.7. The third kappa shape index (κ3) is 12.2. The highest BCUT2D eigenvalue weighted by atomic mass is 16.5. The van der Waals surface area contributed by atoms with Gasteiger partial charge in [0.15, 0.2) is 6.29 Å². The number of carbonyl (C=O) groups excluding carboxylic acids is 3. The van der Waals surface area contributed by atoms with Crippen LogP contribution in [0.1, 0.15) is 22.8 Å². The molecular weight excluding hydrogens is 476 g/mol. The van der Waals surface area contributed by atoms with Gasteiger partial charge in [0.25, 0.3) is 0 Å². The van der Waals surface area contributed by atoms with Crippen molar-refractivity contribution in [1.29, 1.82) is 0 Å². The molecule has 0 fully saturated rings. The van der Waals surface area contributed by atoms with E-state index < -0.39 is 0 Å². The van der Waals surface area contributed by atoms with Gasteiger partial charge in [0, 0.05) is 23.9 Å². The maximum atomic E-state index is 10.7. The zero-order valence-corrected chi connectivity index (χ0v) is 20.0. The van der Waals surface area contributed by atoms with Crippen LogP contribution in [0.25, 0.3) is 17.0 Å². The Hall–Kier alpha value is -5.24. The molecule has 190 valence electrons. The number of aldehydes is 2. The molecule has 0 amide bonds. The number of hydrogen-bond acceptors (Lipinski definition) is 8. The number of ether oxygens (including phenoxy) is 1. The second kappa shape index (κ2) is 17.2. The summed E-state index contributed by atoms with van der Waals surface area (Å²) in [7, 11) is 0. The van der Waals surface area contributed by atoms with Gasteiger partial charge in [-0.3, -0.25) is 14.4 Å². The summed E-state index contributed by atoms with van der Waals surface area (Å²) >= 11 is 0. The smallest absolute Gasteiger partial charge is 0.336 e. The lowest BCUT2D eigenvalue weighted by molar-refractivity contribution is -0.135. The number of carbonyl (C=O) groups is 3. The molecule has 8 nitrogen and oxygen atoms in total. The summed E-state index contributed by atoms with van der Waals surface area (Å²) in [4.78, 5) is 40.5. The highest BCUT2D eigenvalue weighted by Crippen LogP contribution is 2.16. The van der Waals surface area contributed by atoms with Crippen LogP contribution in [0.3, 0.4) is 0 Å². The van der Waals surface area contributed by atoms with Gasteiger partial charge >= 0.3 is 11.6 Å². The lowest BCUT2D eigenvalue weighted by atomic mass is 10.2. The molecule has 0 aliphatic heterocycles. The van der Waals surface area contributed by atoms with E-state index in [2.05, 4.69) is 11.3 Å². The van der Waals surface area contributed by atoms with E-state index in [1.807, 2.05) is 18.2 Å². The number of fused-ring (bicyclic) bond motifs is 1. The molecule has 0 aliphatic rings. The molecule has 4 aromatic rings. The molecule has 0 unspecified atom stereocenters. The second-order valence-electron chi connectivity index (χ2n) is 6.80. The zero-order valence-electron chi connectivity index (χ0n) is 20.0. The number of para-hydroxylation sites is 3. The van der Waals surface area contributed by atoms with Crippen LogP contribution in [0.2, 0.25) is 0 Å². The molecule has 1 aromatic heterocycles. The quantitative estimate of drug-likeness (QED) is 0.126. The lowest BCUT2D eigenvalue weighted by Gasteiger charge is -1.94. The van der Waals surface area contributed by atoms with E-state index in [9.17, 15) is 19.2 Å². The van der Waals surface area contributed by atoms with Crippen LogP contribution in [-0.2, 0) is 14.3 Å². The fourth-order valence-corrected chi connectivity index (χ4v) is 2.49. The topological polar surface area (TPSA) is 131 Å². The highest BCUT2D eigenvalue weighted by Gasteiger charge is 1.94. The predicted octanol–water partition coefficient (Wildman–Crippen LogP) is 5.30. The summed E-state index contributed by atoms with van der Waals surface area (Å²) in [5.41, 5.74) is 1.32. The minimum atomic E-state index is -0.329. The molecule has 0 bridgehead atoms. The maximum Gasteiger partial charge on any atom is 0.336 e. The SMILES string of the molecule is C=COC(C)=O.O=C/C=C/c1ccccc1O.O=Cc1ccccc1O.O=c1ccc2ccccc2o1. The number of phenols is 2. The Labute approximate surface area is 213 Å².